The average Bonchev–Trinajstić information content (AvgIpc) is 2.55. The van der Waals surface area contributed by atoms with E-state index in [1.54, 1.807) is 31.4 Å². The van der Waals surface area contributed by atoms with E-state index in [9.17, 15) is 14.9 Å². The molecule has 0 aliphatic heterocycles. The quantitative estimate of drug-likeness (QED) is 0.517. The van der Waals surface area contributed by atoms with Crippen molar-refractivity contribution in [3.63, 3.8) is 0 Å². The molecular formula is C15H12ClN3O4. The van der Waals surface area contributed by atoms with Crippen LogP contribution in [0.25, 0.3) is 0 Å². The molecule has 2 aromatic carbocycles. The van der Waals surface area contributed by atoms with Crippen molar-refractivity contribution in [3.05, 3.63) is 68.7 Å². The molecular weight excluding hydrogens is 322 g/mol. The van der Waals surface area contributed by atoms with Crippen molar-refractivity contribution in [2.75, 3.05) is 7.11 Å². The number of nitrogens with zero attached hydrogens (tertiary/aromatic N) is 2. The number of hydrazone groups is 1. The Bertz CT molecular complexity index is 760. The van der Waals surface area contributed by atoms with Crippen LogP contribution in [0.2, 0.25) is 5.02 Å². The van der Waals surface area contributed by atoms with Gasteiger partial charge in [-0.3, -0.25) is 14.9 Å². The number of rotatable bonds is 5. The molecule has 0 aromatic heterocycles. The standard InChI is InChI=1S/C15H12ClN3O4/c1-23-12-5-2-10(3-6-12)9-17-18-15(20)11-4-7-13(16)14(8-11)19(21)22/h2-9H,1H3,(H,18,20)/b17-9+. The number of hydrogen-bond acceptors (Lipinski definition) is 5. The molecule has 1 N–H and O–H groups in total. The van der Waals surface area contributed by atoms with Crippen molar-refractivity contribution in [2.45, 2.75) is 0 Å². The molecule has 0 radical (unpaired) electrons. The first kappa shape index (κ1) is 16.4. The lowest BCUT2D eigenvalue weighted by Crippen LogP contribution is -2.17. The summed E-state index contributed by atoms with van der Waals surface area (Å²) in [6.45, 7) is 0. The molecule has 118 valence electrons. The Balaban J connectivity index is 2.05. The second-order valence-corrected chi connectivity index (χ2v) is 4.80. The zero-order chi connectivity index (χ0) is 16.8. The highest BCUT2D eigenvalue weighted by Gasteiger charge is 2.15. The topological polar surface area (TPSA) is 93.8 Å². The van der Waals surface area contributed by atoms with Gasteiger partial charge in [0.1, 0.15) is 10.8 Å². The summed E-state index contributed by atoms with van der Waals surface area (Å²) in [5.41, 5.74) is 2.81. The van der Waals surface area contributed by atoms with Crippen molar-refractivity contribution in [1.29, 1.82) is 0 Å². The van der Waals surface area contributed by atoms with Crippen molar-refractivity contribution in [1.82, 2.24) is 5.43 Å². The third-order valence-corrected chi connectivity index (χ3v) is 3.22. The van der Waals surface area contributed by atoms with Crippen LogP contribution < -0.4 is 10.2 Å². The monoisotopic (exact) mass is 333 g/mol. The van der Waals surface area contributed by atoms with Gasteiger partial charge in [0.05, 0.1) is 18.2 Å². The number of benzene rings is 2. The van der Waals surface area contributed by atoms with E-state index >= 15 is 0 Å². The van der Waals surface area contributed by atoms with Gasteiger partial charge in [0.25, 0.3) is 11.6 Å². The predicted octanol–water partition coefficient (Wildman–Crippen LogP) is 3.02. The molecule has 23 heavy (non-hydrogen) atoms. The molecule has 0 aliphatic carbocycles. The molecule has 0 saturated heterocycles. The molecule has 8 heteroatoms. The fourth-order valence-corrected chi connectivity index (χ4v) is 1.90. The number of amides is 1. The highest BCUT2D eigenvalue weighted by atomic mass is 35.5. The summed E-state index contributed by atoms with van der Waals surface area (Å²) in [4.78, 5) is 22.1. The molecule has 0 heterocycles. The van der Waals surface area contributed by atoms with Crippen LogP contribution in [0.4, 0.5) is 5.69 Å². The molecule has 0 atom stereocenters. The molecule has 7 nitrogen and oxygen atoms in total. The van der Waals surface area contributed by atoms with Gasteiger partial charge in [-0.15, -0.1) is 0 Å². The molecule has 0 aliphatic rings. The van der Waals surface area contributed by atoms with Gasteiger partial charge in [0, 0.05) is 11.6 Å². The van der Waals surface area contributed by atoms with Gasteiger partial charge < -0.3 is 4.74 Å². The lowest BCUT2D eigenvalue weighted by molar-refractivity contribution is -0.384. The number of nitrogens with one attached hydrogen (secondary N) is 1. The third-order valence-electron chi connectivity index (χ3n) is 2.90. The largest absolute Gasteiger partial charge is 0.497 e. The van der Waals surface area contributed by atoms with E-state index in [1.165, 1.54) is 18.3 Å². The number of methoxy groups -OCH3 is 1. The Hall–Kier alpha value is -2.93. The normalized spacial score (nSPS) is 10.5. The maximum atomic E-state index is 11.9. The molecule has 0 unspecified atom stereocenters. The zero-order valence-corrected chi connectivity index (χ0v) is 12.8. The van der Waals surface area contributed by atoms with Crippen LogP contribution in [0.5, 0.6) is 5.75 Å². The summed E-state index contributed by atoms with van der Waals surface area (Å²) < 4.78 is 5.03. The molecule has 2 aromatic rings. The number of nitro benzene ring substituents is 1. The predicted molar refractivity (Wildman–Crippen MR) is 86.2 cm³/mol. The van der Waals surface area contributed by atoms with Crippen LogP contribution in [0.15, 0.2) is 47.6 Å². The van der Waals surface area contributed by atoms with Gasteiger partial charge in [-0.05, 0) is 42.0 Å². The van der Waals surface area contributed by atoms with Crippen LogP contribution >= 0.6 is 11.6 Å². The molecule has 0 saturated carbocycles. The van der Waals surface area contributed by atoms with E-state index in [1.807, 2.05) is 0 Å². The Morgan fingerprint density at radius 2 is 2.00 bits per heavy atom. The summed E-state index contributed by atoms with van der Waals surface area (Å²) in [7, 11) is 1.56. The SMILES string of the molecule is COc1ccc(/C=N/NC(=O)c2ccc(Cl)c([N+](=O)[O-])c2)cc1. The minimum absolute atomic E-state index is 0.0340. The minimum Gasteiger partial charge on any atom is -0.497 e. The fraction of sp³-hybridized carbons (Fsp3) is 0.0667. The summed E-state index contributed by atoms with van der Waals surface area (Å²) in [5, 5.41) is 14.6. The Morgan fingerprint density at radius 1 is 1.30 bits per heavy atom. The van der Waals surface area contributed by atoms with Crippen LogP contribution in [0.3, 0.4) is 0 Å². The first-order valence-electron chi connectivity index (χ1n) is 6.42. The van der Waals surface area contributed by atoms with E-state index in [0.717, 1.165) is 11.6 Å². The number of carbonyl (C=O) groups is 1. The fourth-order valence-electron chi connectivity index (χ4n) is 1.71. The van der Waals surface area contributed by atoms with E-state index < -0.39 is 10.8 Å². The lowest BCUT2D eigenvalue weighted by atomic mass is 10.2. The molecule has 2 rings (SSSR count). The Kier molecular flexibility index (Phi) is 5.27. The van der Waals surface area contributed by atoms with E-state index in [-0.39, 0.29) is 16.3 Å². The molecule has 0 spiro atoms. The second kappa shape index (κ2) is 7.37. The number of ether oxygens (including phenoxy) is 1. The van der Waals surface area contributed by atoms with Gasteiger partial charge in [-0.25, -0.2) is 5.43 Å². The molecule has 1 amide bonds. The maximum Gasteiger partial charge on any atom is 0.288 e. The van der Waals surface area contributed by atoms with Crippen molar-refractivity contribution in [3.8, 4) is 5.75 Å². The van der Waals surface area contributed by atoms with Crippen LogP contribution in [-0.2, 0) is 0 Å². The van der Waals surface area contributed by atoms with Crippen molar-refractivity contribution < 1.29 is 14.5 Å². The second-order valence-electron chi connectivity index (χ2n) is 4.40. The van der Waals surface area contributed by atoms with Crippen LogP contribution in [-0.4, -0.2) is 24.2 Å². The summed E-state index contributed by atoms with van der Waals surface area (Å²) in [5.74, 6) is 0.134. The highest BCUT2D eigenvalue weighted by molar-refractivity contribution is 6.32. The number of nitro groups is 1. The summed E-state index contributed by atoms with van der Waals surface area (Å²) in [6.07, 6.45) is 1.45. The molecule has 0 bridgehead atoms. The van der Waals surface area contributed by atoms with Crippen LogP contribution in [0, 0.1) is 10.1 Å². The first-order chi connectivity index (χ1) is 11.0. The van der Waals surface area contributed by atoms with Crippen LogP contribution in [0.1, 0.15) is 15.9 Å². The van der Waals surface area contributed by atoms with E-state index in [4.69, 9.17) is 16.3 Å². The first-order valence-corrected chi connectivity index (χ1v) is 6.80. The zero-order valence-electron chi connectivity index (χ0n) is 12.0. The third kappa shape index (κ3) is 4.27. The minimum atomic E-state index is -0.653. The van der Waals surface area contributed by atoms with Crippen molar-refractivity contribution in [2.24, 2.45) is 5.10 Å². The molecule has 0 fully saturated rings. The van der Waals surface area contributed by atoms with E-state index in [0.29, 0.717) is 5.75 Å². The van der Waals surface area contributed by atoms with Gasteiger partial charge in [0.15, 0.2) is 0 Å². The van der Waals surface area contributed by atoms with Gasteiger partial charge in [-0.1, -0.05) is 11.6 Å². The maximum absolute atomic E-state index is 11.9. The van der Waals surface area contributed by atoms with Gasteiger partial charge in [0.2, 0.25) is 0 Å². The number of hydrogen-bond donors (Lipinski definition) is 1. The average molecular weight is 334 g/mol. The Labute approximate surface area is 136 Å². The number of carbonyl (C=O) groups excluding carboxylic acids is 1. The van der Waals surface area contributed by atoms with Crippen molar-refractivity contribution >= 4 is 29.4 Å². The van der Waals surface area contributed by atoms with E-state index in [2.05, 4.69) is 10.5 Å². The van der Waals surface area contributed by atoms with Gasteiger partial charge in [-0.2, -0.15) is 5.10 Å². The lowest BCUT2D eigenvalue weighted by Gasteiger charge is -2.01. The summed E-state index contributed by atoms with van der Waals surface area (Å²) in [6, 6.07) is 10.8. The smallest absolute Gasteiger partial charge is 0.288 e. The number of halogens is 1. The van der Waals surface area contributed by atoms with Gasteiger partial charge >= 0.3 is 0 Å². The Morgan fingerprint density at radius 3 is 2.61 bits per heavy atom. The summed E-state index contributed by atoms with van der Waals surface area (Å²) >= 11 is 5.69. The highest BCUT2D eigenvalue weighted by Crippen LogP contribution is 2.24.